The molecule has 6 nitrogen and oxygen atoms in total. The van der Waals surface area contributed by atoms with Crippen molar-refractivity contribution in [1.29, 1.82) is 0 Å². The molecule has 1 aromatic carbocycles. The number of carbonyl (C=O) groups is 1. The van der Waals surface area contributed by atoms with Crippen molar-refractivity contribution >= 4 is 5.91 Å². The Bertz CT molecular complexity index is 617. The molecule has 6 heteroatoms. The Labute approximate surface area is 169 Å². The van der Waals surface area contributed by atoms with Gasteiger partial charge < -0.3 is 14.8 Å². The second-order valence-corrected chi connectivity index (χ2v) is 7.98. The van der Waals surface area contributed by atoms with Gasteiger partial charge in [-0.3, -0.25) is 14.6 Å². The van der Waals surface area contributed by atoms with E-state index in [1.54, 1.807) is 14.2 Å². The molecule has 1 aromatic rings. The molecule has 0 aliphatic carbocycles. The molecule has 1 N–H and O–H groups in total. The van der Waals surface area contributed by atoms with Crippen LogP contribution in [0, 0.1) is 5.92 Å². The first-order chi connectivity index (χ1) is 13.7. The Morgan fingerprint density at radius 3 is 2.75 bits per heavy atom. The molecule has 1 atom stereocenters. The quantitative estimate of drug-likeness (QED) is 0.691. The highest BCUT2D eigenvalue weighted by Gasteiger charge is 2.31. The number of methoxy groups -OCH3 is 2. The molecule has 0 aromatic heterocycles. The molecule has 0 spiro atoms. The lowest BCUT2D eigenvalue weighted by molar-refractivity contribution is -0.127. The summed E-state index contributed by atoms with van der Waals surface area (Å²) < 4.78 is 10.4. The summed E-state index contributed by atoms with van der Waals surface area (Å²) in [5, 5.41) is 3.01. The summed E-state index contributed by atoms with van der Waals surface area (Å²) in [6.07, 6.45) is 4.49. The first-order valence-electron chi connectivity index (χ1n) is 10.6. The van der Waals surface area contributed by atoms with Crippen molar-refractivity contribution in [1.82, 2.24) is 15.1 Å². The SMILES string of the molecule is COCCNC(=O)[C@@H]1CCCN(C2CCN(Cc3cccc(OC)c3)CC2)C1. The van der Waals surface area contributed by atoms with Crippen molar-refractivity contribution in [3.8, 4) is 5.75 Å². The topological polar surface area (TPSA) is 54.0 Å². The number of nitrogens with one attached hydrogen (secondary N) is 1. The fraction of sp³-hybridized carbons (Fsp3) is 0.682. The van der Waals surface area contributed by atoms with Crippen molar-refractivity contribution in [2.24, 2.45) is 5.92 Å². The lowest BCUT2D eigenvalue weighted by Crippen LogP contribution is -2.50. The maximum atomic E-state index is 12.4. The van der Waals surface area contributed by atoms with Crippen LogP contribution in [-0.2, 0) is 16.1 Å². The number of amides is 1. The van der Waals surface area contributed by atoms with Gasteiger partial charge in [0.2, 0.25) is 5.91 Å². The van der Waals surface area contributed by atoms with Crippen LogP contribution in [0.1, 0.15) is 31.2 Å². The predicted octanol–water partition coefficient (Wildman–Crippen LogP) is 2.13. The van der Waals surface area contributed by atoms with E-state index >= 15 is 0 Å². The van der Waals surface area contributed by atoms with Crippen LogP contribution in [0.3, 0.4) is 0 Å². The van der Waals surface area contributed by atoms with Crippen LogP contribution in [-0.4, -0.2) is 75.3 Å². The molecule has 0 bridgehead atoms. The van der Waals surface area contributed by atoms with E-state index in [0.29, 0.717) is 19.2 Å². The van der Waals surface area contributed by atoms with E-state index in [2.05, 4.69) is 33.3 Å². The zero-order chi connectivity index (χ0) is 19.8. The van der Waals surface area contributed by atoms with Gasteiger partial charge in [-0.2, -0.15) is 0 Å². The third-order valence-electron chi connectivity index (χ3n) is 6.04. The standard InChI is InChI=1S/C22H35N3O3/c1-27-14-10-23-22(26)19-6-4-11-25(17-19)20-8-12-24(13-9-20)16-18-5-3-7-21(15-18)28-2/h3,5,7,15,19-20H,4,6,8-14,16-17H2,1-2H3,(H,23,26)/t19-/m1/s1. The molecule has 28 heavy (non-hydrogen) atoms. The minimum Gasteiger partial charge on any atom is -0.497 e. The fourth-order valence-corrected chi connectivity index (χ4v) is 4.44. The Balaban J connectivity index is 1.44. The lowest BCUT2D eigenvalue weighted by Gasteiger charge is -2.42. The summed E-state index contributed by atoms with van der Waals surface area (Å²) in [6.45, 7) is 6.42. The van der Waals surface area contributed by atoms with E-state index < -0.39 is 0 Å². The van der Waals surface area contributed by atoms with Crippen LogP contribution in [0.25, 0.3) is 0 Å². The molecule has 2 saturated heterocycles. The highest BCUT2D eigenvalue weighted by atomic mass is 16.5. The van der Waals surface area contributed by atoms with Crippen molar-refractivity contribution in [3.05, 3.63) is 29.8 Å². The second-order valence-electron chi connectivity index (χ2n) is 7.98. The summed E-state index contributed by atoms with van der Waals surface area (Å²) >= 11 is 0. The lowest BCUT2D eigenvalue weighted by atomic mass is 9.93. The summed E-state index contributed by atoms with van der Waals surface area (Å²) in [5.74, 6) is 1.24. The molecular formula is C22H35N3O3. The van der Waals surface area contributed by atoms with Gasteiger partial charge in [0.25, 0.3) is 0 Å². The second kappa shape index (κ2) is 10.8. The molecule has 0 saturated carbocycles. The van der Waals surface area contributed by atoms with E-state index in [1.165, 1.54) is 18.4 Å². The molecule has 2 heterocycles. The largest absolute Gasteiger partial charge is 0.497 e. The van der Waals surface area contributed by atoms with E-state index in [-0.39, 0.29) is 11.8 Å². The van der Waals surface area contributed by atoms with Gasteiger partial charge in [-0.1, -0.05) is 12.1 Å². The molecule has 0 unspecified atom stereocenters. The van der Waals surface area contributed by atoms with Crippen molar-refractivity contribution in [3.63, 3.8) is 0 Å². The van der Waals surface area contributed by atoms with Crippen LogP contribution in [0.4, 0.5) is 0 Å². The van der Waals surface area contributed by atoms with Crippen LogP contribution in [0.5, 0.6) is 5.75 Å². The molecule has 2 aliphatic heterocycles. The fourth-order valence-electron chi connectivity index (χ4n) is 4.44. The summed E-state index contributed by atoms with van der Waals surface area (Å²) in [7, 11) is 3.38. The molecule has 2 fully saturated rings. The third-order valence-corrected chi connectivity index (χ3v) is 6.04. The molecule has 156 valence electrons. The van der Waals surface area contributed by atoms with E-state index in [0.717, 1.165) is 51.3 Å². The van der Waals surface area contributed by atoms with Gasteiger partial charge in [0.1, 0.15) is 5.75 Å². The summed E-state index contributed by atoms with van der Waals surface area (Å²) in [5.41, 5.74) is 1.31. The Kier molecular flexibility index (Phi) is 8.13. The van der Waals surface area contributed by atoms with E-state index in [4.69, 9.17) is 9.47 Å². The Hall–Kier alpha value is -1.63. The van der Waals surface area contributed by atoms with Crippen LogP contribution < -0.4 is 10.1 Å². The van der Waals surface area contributed by atoms with Crippen molar-refractivity contribution in [2.45, 2.75) is 38.3 Å². The molecule has 0 radical (unpaired) electrons. The van der Waals surface area contributed by atoms with Crippen LogP contribution >= 0.6 is 0 Å². The highest BCUT2D eigenvalue weighted by molar-refractivity contribution is 5.78. The van der Waals surface area contributed by atoms with Gasteiger partial charge in [-0.15, -0.1) is 0 Å². The smallest absolute Gasteiger partial charge is 0.224 e. The summed E-state index contributed by atoms with van der Waals surface area (Å²) in [4.78, 5) is 17.5. The van der Waals surface area contributed by atoms with E-state index in [9.17, 15) is 4.79 Å². The third kappa shape index (κ3) is 5.93. The highest BCUT2D eigenvalue weighted by Crippen LogP contribution is 2.25. The monoisotopic (exact) mass is 389 g/mol. The van der Waals surface area contributed by atoms with Gasteiger partial charge in [-0.25, -0.2) is 0 Å². The number of likely N-dealkylation sites (tertiary alicyclic amines) is 2. The number of hydrogen-bond donors (Lipinski definition) is 1. The Morgan fingerprint density at radius 1 is 1.18 bits per heavy atom. The molecule has 2 aliphatic rings. The number of piperidine rings is 2. The first kappa shape index (κ1) is 21.1. The zero-order valence-electron chi connectivity index (χ0n) is 17.4. The van der Waals surface area contributed by atoms with Gasteiger partial charge in [-0.05, 0) is 63.0 Å². The van der Waals surface area contributed by atoms with Gasteiger partial charge in [0, 0.05) is 32.8 Å². The van der Waals surface area contributed by atoms with E-state index in [1.807, 2.05) is 6.07 Å². The number of carbonyl (C=O) groups excluding carboxylic acids is 1. The van der Waals surface area contributed by atoms with Crippen molar-refractivity contribution < 1.29 is 14.3 Å². The maximum absolute atomic E-state index is 12.4. The van der Waals surface area contributed by atoms with Crippen LogP contribution in [0.2, 0.25) is 0 Å². The van der Waals surface area contributed by atoms with Crippen LogP contribution in [0.15, 0.2) is 24.3 Å². The minimum absolute atomic E-state index is 0.125. The zero-order valence-corrected chi connectivity index (χ0v) is 17.4. The Morgan fingerprint density at radius 2 is 2.00 bits per heavy atom. The number of benzene rings is 1. The number of rotatable bonds is 8. The number of ether oxygens (including phenoxy) is 2. The predicted molar refractivity (Wildman–Crippen MR) is 110 cm³/mol. The normalized spacial score (nSPS) is 22.1. The average Bonchev–Trinajstić information content (AvgIpc) is 2.74. The van der Waals surface area contributed by atoms with Gasteiger partial charge in [0.05, 0.1) is 19.6 Å². The number of hydrogen-bond acceptors (Lipinski definition) is 5. The van der Waals surface area contributed by atoms with Crippen molar-refractivity contribution in [2.75, 3.05) is 53.6 Å². The van der Waals surface area contributed by atoms with Gasteiger partial charge in [0.15, 0.2) is 0 Å². The maximum Gasteiger partial charge on any atom is 0.224 e. The van der Waals surface area contributed by atoms with Gasteiger partial charge >= 0.3 is 0 Å². The molecule has 1 amide bonds. The number of nitrogens with zero attached hydrogens (tertiary/aromatic N) is 2. The minimum atomic E-state index is 0.125. The average molecular weight is 390 g/mol. The molecular weight excluding hydrogens is 354 g/mol. The molecule has 3 rings (SSSR count). The first-order valence-corrected chi connectivity index (χ1v) is 10.6. The summed E-state index contributed by atoms with van der Waals surface area (Å²) in [6, 6.07) is 8.96.